The fourth-order valence-corrected chi connectivity index (χ4v) is 3.08. The van der Waals surface area contributed by atoms with Crippen molar-refractivity contribution in [3.63, 3.8) is 0 Å². The zero-order chi connectivity index (χ0) is 20.7. The average Bonchev–Trinajstić information content (AvgIpc) is 2.51. The van der Waals surface area contributed by atoms with Gasteiger partial charge in [-0.05, 0) is 6.92 Å². The van der Waals surface area contributed by atoms with E-state index in [4.69, 9.17) is 18.9 Å². The lowest BCUT2D eigenvalue weighted by molar-refractivity contribution is -0.201. The van der Waals surface area contributed by atoms with E-state index in [0.29, 0.717) is 0 Å². The highest BCUT2D eigenvalue weighted by atomic mass is 16.6. The predicted octanol–water partition coefficient (Wildman–Crippen LogP) is -0.131. The van der Waals surface area contributed by atoms with Crippen LogP contribution >= 0.6 is 0 Å². The Hall–Kier alpha value is -2.65. The van der Waals surface area contributed by atoms with E-state index >= 15 is 0 Å². The summed E-state index contributed by atoms with van der Waals surface area (Å²) in [4.78, 5) is 58.7. The summed E-state index contributed by atoms with van der Waals surface area (Å²) in [7, 11) is 0. The van der Waals surface area contributed by atoms with Crippen molar-refractivity contribution in [2.45, 2.75) is 65.4 Å². The van der Waals surface area contributed by atoms with Crippen LogP contribution in [0.2, 0.25) is 0 Å². The minimum absolute atomic E-state index is 0.0843. The van der Waals surface area contributed by atoms with E-state index in [1.165, 1.54) is 6.92 Å². The number of ether oxygens (including phenoxy) is 4. The molecule has 0 saturated heterocycles. The SMILES string of the molecule is CCOC(=O)[C@@H]1C[C@H](OC(C)=O)[C@@H](OC(C)=O)[C@H](OC(C)=O)[C@H]1NC(C)=O. The smallest absolute Gasteiger partial charge is 0.311 e. The first-order valence-electron chi connectivity index (χ1n) is 8.52. The van der Waals surface area contributed by atoms with Crippen molar-refractivity contribution < 1.29 is 42.9 Å². The maximum Gasteiger partial charge on any atom is 0.311 e. The van der Waals surface area contributed by atoms with Crippen LogP contribution in [0.15, 0.2) is 0 Å². The summed E-state index contributed by atoms with van der Waals surface area (Å²) in [5.74, 6) is -4.22. The number of carbonyl (C=O) groups excluding carboxylic acids is 5. The van der Waals surface area contributed by atoms with Gasteiger partial charge in [-0.25, -0.2) is 0 Å². The van der Waals surface area contributed by atoms with Crippen LogP contribution in [-0.2, 0) is 42.9 Å². The van der Waals surface area contributed by atoms with Crippen molar-refractivity contribution in [3.05, 3.63) is 0 Å². The zero-order valence-electron chi connectivity index (χ0n) is 16.0. The van der Waals surface area contributed by atoms with Gasteiger partial charge in [0.15, 0.2) is 12.2 Å². The molecule has 1 N–H and O–H groups in total. The molecule has 0 bridgehead atoms. The minimum Gasteiger partial charge on any atom is -0.466 e. The van der Waals surface area contributed by atoms with Gasteiger partial charge in [0.2, 0.25) is 5.91 Å². The Balaban J connectivity index is 3.38. The molecule has 0 unspecified atom stereocenters. The summed E-state index contributed by atoms with van der Waals surface area (Å²) >= 11 is 0. The molecule has 0 aliphatic heterocycles. The summed E-state index contributed by atoms with van der Waals surface area (Å²) in [5, 5.41) is 2.55. The van der Waals surface area contributed by atoms with Gasteiger partial charge in [0.1, 0.15) is 6.10 Å². The molecular formula is C17H25NO9. The maximum atomic E-state index is 12.4. The molecule has 1 aliphatic carbocycles. The molecule has 152 valence electrons. The van der Waals surface area contributed by atoms with Gasteiger partial charge in [0.25, 0.3) is 0 Å². The average molecular weight is 387 g/mol. The number of esters is 4. The third-order valence-electron chi connectivity index (χ3n) is 3.84. The normalized spacial score (nSPS) is 27.1. The molecule has 27 heavy (non-hydrogen) atoms. The molecule has 1 amide bonds. The molecule has 10 nitrogen and oxygen atoms in total. The van der Waals surface area contributed by atoms with Gasteiger partial charge < -0.3 is 24.3 Å². The highest BCUT2D eigenvalue weighted by molar-refractivity contribution is 5.78. The quantitative estimate of drug-likeness (QED) is 0.488. The first-order valence-corrected chi connectivity index (χ1v) is 8.52. The Bertz CT molecular complexity index is 603. The van der Waals surface area contributed by atoms with Gasteiger partial charge >= 0.3 is 23.9 Å². The van der Waals surface area contributed by atoms with E-state index in [9.17, 15) is 24.0 Å². The lowest BCUT2D eigenvalue weighted by atomic mass is 9.78. The molecule has 0 aromatic heterocycles. The van der Waals surface area contributed by atoms with E-state index < -0.39 is 60.1 Å². The molecule has 0 aromatic rings. The fraction of sp³-hybridized carbons (Fsp3) is 0.706. The highest BCUT2D eigenvalue weighted by Gasteiger charge is 2.53. The Labute approximate surface area is 156 Å². The molecule has 1 rings (SSSR count). The largest absolute Gasteiger partial charge is 0.466 e. The van der Waals surface area contributed by atoms with Crippen molar-refractivity contribution in [2.24, 2.45) is 5.92 Å². The van der Waals surface area contributed by atoms with Crippen molar-refractivity contribution >= 4 is 29.8 Å². The van der Waals surface area contributed by atoms with Crippen molar-refractivity contribution in [3.8, 4) is 0 Å². The number of hydrogen-bond donors (Lipinski definition) is 1. The number of rotatable bonds is 6. The van der Waals surface area contributed by atoms with Crippen molar-refractivity contribution in [1.82, 2.24) is 5.32 Å². The second-order valence-corrected chi connectivity index (χ2v) is 6.12. The third kappa shape index (κ3) is 6.54. The standard InChI is InChI=1S/C17H25NO9/c1-6-24-17(23)12-7-13(25-9(3)20)15(26-10(4)21)16(27-11(5)22)14(12)18-8(2)19/h12-16H,6-7H2,1-5H3,(H,18,19)/t12-,13+,14+,15-,16-/m1/s1. The Kier molecular flexibility index (Phi) is 8.20. The Morgan fingerprint density at radius 3 is 1.81 bits per heavy atom. The van der Waals surface area contributed by atoms with E-state index in [1.807, 2.05) is 0 Å². The zero-order valence-corrected chi connectivity index (χ0v) is 16.0. The molecule has 5 atom stereocenters. The molecule has 0 aromatic carbocycles. The lowest BCUT2D eigenvalue weighted by Crippen LogP contribution is -2.64. The minimum atomic E-state index is -1.25. The van der Waals surface area contributed by atoms with Crippen LogP contribution in [0.25, 0.3) is 0 Å². The Morgan fingerprint density at radius 2 is 1.37 bits per heavy atom. The van der Waals surface area contributed by atoms with Gasteiger partial charge in [-0.1, -0.05) is 0 Å². The molecule has 1 saturated carbocycles. The van der Waals surface area contributed by atoms with Crippen LogP contribution < -0.4 is 5.32 Å². The van der Waals surface area contributed by atoms with Gasteiger partial charge in [-0.3, -0.25) is 24.0 Å². The van der Waals surface area contributed by atoms with Gasteiger partial charge in [-0.15, -0.1) is 0 Å². The van der Waals surface area contributed by atoms with Crippen LogP contribution in [-0.4, -0.2) is 60.7 Å². The van der Waals surface area contributed by atoms with Crippen LogP contribution in [0.4, 0.5) is 0 Å². The van der Waals surface area contributed by atoms with E-state index in [2.05, 4.69) is 5.32 Å². The predicted molar refractivity (Wildman–Crippen MR) is 89.0 cm³/mol. The third-order valence-corrected chi connectivity index (χ3v) is 3.84. The highest BCUT2D eigenvalue weighted by Crippen LogP contribution is 2.33. The number of carbonyl (C=O) groups is 5. The van der Waals surface area contributed by atoms with Crippen molar-refractivity contribution in [1.29, 1.82) is 0 Å². The van der Waals surface area contributed by atoms with E-state index in [0.717, 1.165) is 20.8 Å². The van der Waals surface area contributed by atoms with Crippen molar-refractivity contribution in [2.75, 3.05) is 6.61 Å². The van der Waals surface area contributed by atoms with E-state index in [1.54, 1.807) is 6.92 Å². The first kappa shape index (κ1) is 22.4. The van der Waals surface area contributed by atoms with Crippen LogP contribution in [0, 0.1) is 5.92 Å². The maximum absolute atomic E-state index is 12.4. The topological polar surface area (TPSA) is 134 Å². The monoisotopic (exact) mass is 387 g/mol. The fourth-order valence-electron chi connectivity index (χ4n) is 3.08. The molecule has 10 heteroatoms. The second kappa shape index (κ2) is 9.89. The molecule has 0 heterocycles. The van der Waals surface area contributed by atoms with Crippen LogP contribution in [0.3, 0.4) is 0 Å². The van der Waals surface area contributed by atoms with Gasteiger partial charge in [0, 0.05) is 34.1 Å². The Morgan fingerprint density at radius 1 is 0.852 bits per heavy atom. The lowest BCUT2D eigenvalue weighted by Gasteiger charge is -2.44. The molecule has 0 spiro atoms. The second-order valence-electron chi connectivity index (χ2n) is 6.12. The summed E-state index contributed by atoms with van der Waals surface area (Å²) < 4.78 is 20.7. The first-order chi connectivity index (χ1) is 12.6. The molecule has 1 fully saturated rings. The molecular weight excluding hydrogens is 362 g/mol. The van der Waals surface area contributed by atoms with E-state index in [-0.39, 0.29) is 13.0 Å². The molecule has 0 radical (unpaired) electrons. The summed E-state index contributed by atoms with van der Waals surface area (Å²) in [6, 6.07) is -1.03. The molecule has 1 aliphatic rings. The van der Waals surface area contributed by atoms with Crippen LogP contribution in [0.1, 0.15) is 41.0 Å². The number of hydrogen-bond acceptors (Lipinski definition) is 9. The summed E-state index contributed by atoms with van der Waals surface area (Å²) in [6.07, 6.45) is -3.59. The number of nitrogens with one attached hydrogen (secondary N) is 1. The summed E-state index contributed by atoms with van der Waals surface area (Å²) in [5.41, 5.74) is 0. The van der Waals surface area contributed by atoms with Gasteiger partial charge in [0.05, 0.1) is 18.6 Å². The van der Waals surface area contributed by atoms with Gasteiger partial charge in [-0.2, -0.15) is 0 Å². The number of amides is 1. The summed E-state index contributed by atoms with van der Waals surface area (Å²) in [6.45, 7) is 6.36. The van der Waals surface area contributed by atoms with Crippen LogP contribution in [0.5, 0.6) is 0 Å².